The third-order valence-corrected chi connectivity index (χ3v) is 3.39. The van der Waals surface area contributed by atoms with E-state index in [1.54, 1.807) is 6.07 Å². The molecule has 0 fully saturated rings. The van der Waals surface area contributed by atoms with Crippen molar-refractivity contribution in [3.05, 3.63) is 28.2 Å². The molecule has 0 saturated carbocycles. The lowest BCUT2D eigenvalue weighted by atomic mass is 10.2. The summed E-state index contributed by atoms with van der Waals surface area (Å²) in [4.78, 5) is 2.29. The lowest BCUT2D eigenvalue weighted by Crippen LogP contribution is -2.19. The van der Waals surface area contributed by atoms with Gasteiger partial charge in [-0.3, -0.25) is 0 Å². The van der Waals surface area contributed by atoms with Crippen molar-refractivity contribution in [1.29, 1.82) is 0 Å². The minimum atomic E-state index is 0.333. The first kappa shape index (κ1) is 13.5. The van der Waals surface area contributed by atoms with Gasteiger partial charge in [0.2, 0.25) is 0 Å². The van der Waals surface area contributed by atoms with Crippen LogP contribution >= 0.6 is 15.9 Å². The normalized spacial score (nSPS) is 11.0. The van der Waals surface area contributed by atoms with E-state index < -0.39 is 0 Å². The summed E-state index contributed by atoms with van der Waals surface area (Å²) in [6.45, 7) is 4.19. The molecular formula is C13H20BrNO. The van der Waals surface area contributed by atoms with E-state index in [-0.39, 0.29) is 0 Å². The highest BCUT2D eigenvalue weighted by atomic mass is 79.9. The summed E-state index contributed by atoms with van der Waals surface area (Å²) in [5.74, 6) is 0.333. The molecule has 1 aromatic carbocycles. The molecule has 0 atom stereocenters. The number of phenols is 1. The molecule has 0 bridgehead atoms. The summed E-state index contributed by atoms with van der Waals surface area (Å²) in [5.41, 5.74) is 1.14. The average Bonchev–Trinajstić information content (AvgIpc) is 2.24. The van der Waals surface area contributed by atoms with Crippen molar-refractivity contribution in [2.75, 3.05) is 13.6 Å². The van der Waals surface area contributed by atoms with Gasteiger partial charge >= 0.3 is 0 Å². The number of nitrogens with zero attached hydrogens (tertiary/aromatic N) is 1. The average molecular weight is 286 g/mol. The van der Waals surface area contributed by atoms with E-state index in [0.717, 1.165) is 23.1 Å². The molecule has 1 aromatic rings. The minimum absolute atomic E-state index is 0.333. The Morgan fingerprint density at radius 2 is 2.06 bits per heavy atom. The van der Waals surface area contributed by atoms with Crippen molar-refractivity contribution in [2.24, 2.45) is 0 Å². The zero-order valence-corrected chi connectivity index (χ0v) is 11.6. The maximum atomic E-state index is 9.43. The number of hydrogen-bond donors (Lipinski definition) is 1. The molecule has 90 valence electrons. The van der Waals surface area contributed by atoms with E-state index >= 15 is 0 Å². The molecule has 0 aliphatic carbocycles. The van der Waals surface area contributed by atoms with E-state index in [1.165, 1.54) is 19.3 Å². The third kappa shape index (κ3) is 4.54. The molecule has 0 aliphatic rings. The van der Waals surface area contributed by atoms with Crippen LogP contribution in [-0.4, -0.2) is 23.6 Å². The molecular weight excluding hydrogens is 266 g/mol. The van der Waals surface area contributed by atoms with Crippen molar-refractivity contribution < 1.29 is 5.11 Å². The number of rotatable bonds is 6. The van der Waals surface area contributed by atoms with Gasteiger partial charge in [0.05, 0.1) is 0 Å². The molecule has 0 amide bonds. The number of aromatic hydroxyl groups is 1. The van der Waals surface area contributed by atoms with E-state index in [4.69, 9.17) is 0 Å². The van der Waals surface area contributed by atoms with E-state index in [2.05, 4.69) is 34.8 Å². The zero-order valence-electron chi connectivity index (χ0n) is 10.0. The summed E-state index contributed by atoms with van der Waals surface area (Å²) < 4.78 is 1.06. The van der Waals surface area contributed by atoms with Crippen LogP contribution in [0, 0.1) is 0 Å². The highest BCUT2D eigenvalue weighted by Gasteiger charge is 2.04. The van der Waals surface area contributed by atoms with Gasteiger partial charge in [-0.2, -0.15) is 0 Å². The van der Waals surface area contributed by atoms with Crippen LogP contribution in [0.1, 0.15) is 31.7 Å². The molecule has 16 heavy (non-hydrogen) atoms. The SMILES string of the molecule is CCCCCN(C)Cc1cc(O)ccc1Br. The van der Waals surface area contributed by atoms with Gasteiger partial charge in [-0.05, 0) is 43.8 Å². The zero-order chi connectivity index (χ0) is 12.0. The maximum absolute atomic E-state index is 9.43. The molecule has 1 N–H and O–H groups in total. The summed E-state index contributed by atoms with van der Waals surface area (Å²) in [6.07, 6.45) is 3.78. The van der Waals surface area contributed by atoms with Crippen molar-refractivity contribution in [2.45, 2.75) is 32.7 Å². The fraction of sp³-hybridized carbons (Fsp3) is 0.538. The van der Waals surface area contributed by atoms with Crippen LogP contribution in [0.15, 0.2) is 22.7 Å². The molecule has 0 spiro atoms. The van der Waals surface area contributed by atoms with Crippen molar-refractivity contribution in [3.8, 4) is 5.75 Å². The predicted octanol–water partition coefficient (Wildman–Crippen LogP) is 3.78. The fourth-order valence-corrected chi connectivity index (χ4v) is 2.06. The second-order valence-corrected chi connectivity index (χ2v) is 5.07. The van der Waals surface area contributed by atoms with E-state index in [1.807, 2.05) is 12.1 Å². The van der Waals surface area contributed by atoms with Gasteiger partial charge in [0.25, 0.3) is 0 Å². The van der Waals surface area contributed by atoms with Crippen molar-refractivity contribution >= 4 is 15.9 Å². The molecule has 0 saturated heterocycles. The van der Waals surface area contributed by atoms with Gasteiger partial charge in [0.15, 0.2) is 0 Å². The third-order valence-electron chi connectivity index (χ3n) is 2.61. The van der Waals surface area contributed by atoms with Crippen LogP contribution < -0.4 is 0 Å². The monoisotopic (exact) mass is 285 g/mol. The van der Waals surface area contributed by atoms with Crippen molar-refractivity contribution in [1.82, 2.24) is 4.90 Å². The number of phenolic OH excluding ortho intramolecular Hbond substituents is 1. The second-order valence-electron chi connectivity index (χ2n) is 4.22. The van der Waals surface area contributed by atoms with Gasteiger partial charge in [-0.25, -0.2) is 0 Å². The van der Waals surface area contributed by atoms with Gasteiger partial charge in [0.1, 0.15) is 5.75 Å². The summed E-state index contributed by atoms with van der Waals surface area (Å²) in [7, 11) is 2.12. The fourth-order valence-electron chi connectivity index (χ4n) is 1.68. The first-order valence-corrected chi connectivity index (χ1v) is 6.58. The first-order chi connectivity index (χ1) is 7.63. The van der Waals surface area contributed by atoms with Crippen LogP contribution in [0.25, 0.3) is 0 Å². The number of unbranched alkanes of at least 4 members (excludes halogenated alkanes) is 2. The first-order valence-electron chi connectivity index (χ1n) is 5.79. The number of benzene rings is 1. The van der Waals surface area contributed by atoms with Crippen LogP contribution in [0.2, 0.25) is 0 Å². The Morgan fingerprint density at radius 3 is 2.75 bits per heavy atom. The predicted molar refractivity (Wildman–Crippen MR) is 71.7 cm³/mol. The Morgan fingerprint density at radius 1 is 1.31 bits per heavy atom. The topological polar surface area (TPSA) is 23.5 Å². The summed E-state index contributed by atoms with van der Waals surface area (Å²) in [6, 6.07) is 5.41. The Kier molecular flexibility index (Phi) is 5.85. The molecule has 0 aliphatic heterocycles. The Bertz CT molecular complexity index is 328. The Labute approximate surface area is 106 Å². The van der Waals surface area contributed by atoms with Gasteiger partial charge in [-0.15, -0.1) is 0 Å². The highest BCUT2D eigenvalue weighted by molar-refractivity contribution is 9.10. The van der Waals surface area contributed by atoms with Crippen LogP contribution in [0.4, 0.5) is 0 Å². The van der Waals surface area contributed by atoms with Gasteiger partial charge < -0.3 is 10.0 Å². The molecule has 1 rings (SSSR count). The molecule has 0 aromatic heterocycles. The molecule has 0 heterocycles. The Hall–Kier alpha value is -0.540. The Balaban J connectivity index is 2.48. The highest BCUT2D eigenvalue weighted by Crippen LogP contribution is 2.22. The maximum Gasteiger partial charge on any atom is 0.115 e. The molecule has 3 heteroatoms. The van der Waals surface area contributed by atoms with Crippen molar-refractivity contribution in [3.63, 3.8) is 0 Å². The number of halogens is 1. The van der Waals surface area contributed by atoms with Crippen LogP contribution in [-0.2, 0) is 6.54 Å². The minimum Gasteiger partial charge on any atom is -0.508 e. The molecule has 0 unspecified atom stereocenters. The summed E-state index contributed by atoms with van der Waals surface area (Å²) in [5, 5.41) is 9.43. The molecule has 0 radical (unpaired) electrons. The second kappa shape index (κ2) is 6.92. The van der Waals surface area contributed by atoms with Gasteiger partial charge in [0, 0.05) is 11.0 Å². The van der Waals surface area contributed by atoms with E-state index in [0.29, 0.717) is 5.75 Å². The van der Waals surface area contributed by atoms with Gasteiger partial charge in [-0.1, -0.05) is 35.7 Å². The van der Waals surface area contributed by atoms with Crippen LogP contribution in [0.3, 0.4) is 0 Å². The van der Waals surface area contributed by atoms with E-state index in [9.17, 15) is 5.11 Å². The quantitative estimate of drug-likeness (QED) is 0.804. The lowest BCUT2D eigenvalue weighted by molar-refractivity contribution is 0.317. The van der Waals surface area contributed by atoms with Crippen LogP contribution in [0.5, 0.6) is 5.75 Å². The lowest BCUT2D eigenvalue weighted by Gasteiger charge is -2.17. The number of hydrogen-bond acceptors (Lipinski definition) is 2. The summed E-state index contributed by atoms with van der Waals surface area (Å²) >= 11 is 3.50. The molecule has 2 nitrogen and oxygen atoms in total. The smallest absolute Gasteiger partial charge is 0.115 e. The standard InChI is InChI=1S/C13H20BrNO/c1-3-4-5-8-15(2)10-11-9-12(16)6-7-13(11)14/h6-7,9,16H,3-5,8,10H2,1-2H3. The largest absolute Gasteiger partial charge is 0.508 e.